The number of hydrogen-bond donors (Lipinski definition) is 1. The van der Waals surface area contributed by atoms with E-state index in [-0.39, 0.29) is 0 Å². The normalized spacial score (nSPS) is 9.83. The molecule has 0 spiro atoms. The predicted molar refractivity (Wildman–Crippen MR) is 87.1 cm³/mol. The Hall–Kier alpha value is 1.58. The van der Waals surface area contributed by atoms with Crippen LogP contribution in [0.2, 0.25) is 3.93 Å². The summed E-state index contributed by atoms with van der Waals surface area (Å²) in [6, 6.07) is 0. The van der Waals surface area contributed by atoms with Crippen LogP contribution in [0.3, 0.4) is 0 Å². The molecule has 0 unspecified atom stereocenters. The zero-order chi connectivity index (χ0) is 14.1. The topological polar surface area (TPSA) is 0 Å². The first-order valence-electron chi connectivity index (χ1n) is 8.00. The molecule has 0 atom stereocenters. The third-order valence-electron chi connectivity index (χ3n) is 3.02. The Labute approximate surface area is 132 Å². The molecule has 0 aromatic carbocycles. The number of thiol groups is 1. The molecule has 0 amide bonds. The van der Waals surface area contributed by atoms with E-state index >= 15 is 0 Å². The fourth-order valence-corrected chi connectivity index (χ4v) is 1.66. The van der Waals surface area contributed by atoms with E-state index < -0.39 is 20.3 Å². The maximum absolute atomic E-state index is 5.56. The van der Waals surface area contributed by atoms with Gasteiger partial charge in [0.05, 0.1) is 0 Å². The van der Waals surface area contributed by atoms with Crippen LogP contribution in [0.5, 0.6) is 0 Å². The largest absolute Gasteiger partial charge is 0.0654 e. The average molecular weight is 482 g/mol. The molecule has 0 heterocycles. The van der Waals surface area contributed by atoms with Crippen LogP contribution in [0.1, 0.15) is 84.5 Å². The second-order valence-corrected chi connectivity index (χ2v) is 28.7. The molecule has 0 aliphatic rings. The van der Waals surface area contributed by atoms with Crippen molar-refractivity contribution in [3.8, 4) is 0 Å². The second-order valence-electron chi connectivity index (χ2n) is 5.07. The Balaban J connectivity index is 0. The average Bonchev–Trinajstić information content (AvgIpc) is 2.37. The molecule has 0 N–H and O–H groups in total. The van der Waals surface area contributed by atoms with Gasteiger partial charge in [0.15, 0.2) is 0 Å². The van der Waals surface area contributed by atoms with E-state index in [1.165, 1.54) is 68.1 Å². The molecule has 0 fully saturated rings. The molecule has 0 saturated carbocycles. The fraction of sp³-hybridized carbons (Fsp3) is 0.933. The third-order valence-corrected chi connectivity index (χ3v) is 13.5. The summed E-state index contributed by atoms with van der Waals surface area (Å²) in [5.41, 5.74) is 0. The minimum Gasteiger partial charge on any atom is -0.0654 e. The molecular weight excluding hydrogens is 448 g/mol. The standard InChI is InChI=1S/C13H27.C2H5.ClH.Hg.H2S/c1-3-5-7-9-11-13-12-10-8-6-4-2;1-2;;;/h1,3-13H2,2H3;1H2,2H3;1H;;1H2/q;;;+2;/p-2. The van der Waals surface area contributed by atoms with Crippen molar-refractivity contribution < 1.29 is 20.3 Å². The third kappa shape index (κ3) is 26.2. The number of halogens is 1. The first-order chi connectivity index (χ1) is 8.68. The van der Waals surface area contributed by atoms with E-state index in [4.69, 9.17) is 8.25 Å². The van der Waals surface area contributed by atoms with Gasteiger partial charge in [0.1, 0.15) is 0 Å². The Morgan fingerprint density at radius 1 is 0.833 bits per heavy atom. The molecule has 3 heteroatoms. The second kappa shape index (κ2) is 20.9. The first-order valence-corrected chi connectivity index (χ1v) is 26.7. The summed E-state index contributed by atoms with van der Waals surface area (Å²) in [7, 11) is 9.65. The molecule has 108 valence electrons. The first kappa shape index (κ1) is 21.9. The molecule has 0 bridgehead atoms. The van der Waals surface area contributed by atoms with Crippen molar-refractivity contribution in [2.75, 3.05) is 0 Å². The van der Waals surface area contributed by atoms with Gasteiger partial charge in [-0.1, -0.05) is 84.5 Å². The molecular formula is C15H33ClHgS. The minimum absolute atomic E-state index is 1.12. The van der Waals surface area contributed by atoms with Gasteiger partial charge >= 0.3 is 48.5 Å². The Morgan fingerprint density at radius 3 is 1.44 bits per heavy atom. The van der Waals surface area contributed by atoms with E-state index in [0.29, 0.717) is 0 Å². The Morgan fingerprint density at radius 2 is 1.17 bits per heavy atom. The monoisotopic (exact) mass is 482 g/mol. The molecule has 0 nitrogen and oxygen atoms in total. The van der Waals surface area contributed by atoms with Crippen LogP contribution >= 0.6 is 17.4 Å². The molecule has 0 aromatic rings. The van der Waals surface area contributed by atoms with Gasteiger partial charge in [-0.2, -0.15) is 0 Å². The summed E-state index contributed by atoms with van der Waals surface area (Å²) in [5.74, 6) is 0. The summed E-state index contributed by atoms with van der Waals surface area (Å²) in [4.78, 5) is 0. The molecule has 1 radical (unpaired) electrons. The number of hydrogen-bond acceptors (Lipinski definition) is 1. The van der Waals surface area contributed by atoms with Crippen molar-refractivity contribution in [1.29, 1.82) is 0 Å². The Kier molecular flexibility index (Phi) is 25.4. The van der Waals surface area contributed by atoms with Crippen molar-refractivity contribution in [1.82, 2.24) is 0 Å². The molecule has 0 saturated heterocycles. The van der Waals surface area contributed by atoms with Crippen molar-refractivity contribution >= 4 is 17.4 Å². The van der Waals surface area contributed by atoms with Gasteiger partial charge < -0.3 is 0 Å². The zero-order valence-electron chi connectivity index (χ0n) is 12.7. The van der Waals surface area contributed by atoms with Crippen molar-refractivity contribution in [3.63, 3.8) is 0 Å². The quantitative estimate of drug-likeness (QED) is 0.181. The van der Waals surface area contributed by atoms with Gasteiger partial charge in [0, 0.05) is 0 Å². The van der Waals surface area contributed by atoms with Gasteiger partial charge in [-0.05, 0) is 0 Å². The van der Waals surface area contributed by atoms with Crippen LogP contribution in [0.15, 0.2) is 0 Å². The van der Waals surface area contributed by atoms with E-state index in [9.17, 15) is 0 Å². The predicted octanol–water partition coefficient (Wildman–Crippen LogP) is 7.17. The van der Waals surface area contributed by atoms with E-state index in [1.807, 2.05) is 0 Å². The number of rotatable bonds is 11. The van der Waals surface area contributed by atoms with Crippen molar-refractivity contribution in [3.05, 3.63) is 6.92 Å². The maximum atomic E-state index is 5.56. The summed E-state index contributed by atoms with van der Waals surface area (Å²) < 4.78 is 1.17. The summed E-state index contributed by atoms with van der Waals surface area (Å²) in [6.07, 6.45) is 15.4. The van der Waals surface area contributed by atoms with Gasteiger partial charge in [0.25, 0.3) is 0 Å². The van der Waals surface area contributed by atoms with Gasteiger partial charge in [-0.3, -0.25) is 0 Å². The minimum atomic E-state index is -1.67. The summed E-state index contributed by atoms with van der Waals surface area (Å²) in [6.45, 7) is 8.22. The molecule has 0 rings (SSSR count). The van der Waals surface area contributed by atoms with E-state index in [0.717, 1.165) is 6.42 Å². The molecule has 0 aromatic heterocycles. The van der Waals surface area contributed by atoms with Gasteiger partial charge in [-0.25, -0.2) is 0 Å². The molecule has 18 heavy (non-hydrogen) atoms. The molecule has 0 aliphatic carbocycles. The van der Waals surface area contributed by atoms with Crippen LogP contribution in [-0.4, -0.2) is 0 Å². The fourth-order valence-electron chi connectivity index (χ4n) is 1.66. The van der Waals surface area contributed by atoms with Crippen LogP contribution in [0.25, 0.3) is 0 Å². The Bertz CT molecular complexity index is 122. The summed E-state index contributed by atoms with van der Waals surface area (Å²) >= 11 is -1.67. The summed E-state index contributed by atoms with van der Waals surface area (Å²) in [5, 5.41) is 0. The van der Waals surface area contributed by atoms with Gasteiger partial charge in [0.2, 0.25) is 0 Å². The maximum Gasteiger partial charge on any atom is -0.0533 e. The van der Waals surface area contributed by atoms with Crippen LogP contribution in [0.4, 0.5) is 0 Å². The van der Waals surface area contributed by atoms with Crippen molar-refractivity contribution in [2.45, 2.75) is 88.4 Å². The van der Waals surface area contributed by atoms with E-state index in [1.54, 1.807) is 0 Å². The molecule has 0 aliphatic heterocycles. The van der Waals surface area contributed by atoms with Crippen LogP contribution in [-0.2, 0) is 20.3 Å². The SMILES string of the molecule is C[CH2][Hg]([SH])[Cl].[CH2]CCCCCCCCCCCC. The smallest absolute Gasteiger partial charge is 0.0533 e. The van der Waals surface area contributed by atoms with Crippen LogP contribution < -0.4 is 0 Å². The number of unbranched alkanes of at least 4 members (excludes halogenated alkanes) is 10. The van der Waals surface area contributed by atoms with Crippen LogP contribution in [0, 0.1) is 6.92 Å². The van der Waals surface area contributed by atoms with Gasteiger partial charge in [-0.15, -0.1) is 0 Å². The zero-order valence-corrected chi connectivity index (χ0v) is 19.9. The van der Waals surface area contributed by atoms with Crippen molar-refractivity contribution in [2.24, 2.45) is 0 Å². The van der Waals surface area contributed by atoms with E-state index in [2.05, 4.69) is 29.9 Å².